The zero-order valence-corrected chi connectivity index (χ0v) is 14.8. The number of hydrogen-bond acceptors (Lipinski definition) is 4. The van der Waals surface area contributed by atoms with E-state index in [1.165, 1.54) is 0 Å². The Balaban J connectivity index is 1.64. The molecule has 26 heavy (non-hydrogen) atoms. The van der Waals surface area contributed by atoms with Crippen LogP contribution in [-0.2, 0) is 9.84 Å². The minimum atomic E-state index is -3.61. The fourth-order valence-electron chi connectivity index (χ4n) is 3.93. The van der Waals surface area contributed by atoms with E-state index in [9.17, 15) is 17.2 Å². The van der Waals surface area contributed by atoms with Gasteiger partial charge in [0.1, 0.15) is 12.4 Å². The van der Waals surface area contributed by atoms with Crippen LogP contribution in [0.3, 0.4) is 0 Å². The van der Waals surface area contributed by atoms with E-state index in [0.29, 0.717) is 18.9 Å². The Morgan fingerprint density at radius 3 is 2.62 bits per heavy atom. The van der Waals surface area contributed by atoms with Crippen molar-refractivity contribution in [1.82, 2.24) is 4.90 Å². The van der Waals surface area contributed by atoms with E-state index in [2.05, 4.69) is 0 Å². The van der Waals surface area contributed by atoms with Gasteiger partial charge in [-0.15, -0.1) is 0 Å². The fraction of sp³-hybridized carbons (Fsp3) is 0.368. The van der Waals surface area contributed by atoms with Gasteiger partial charge in [0.05, 0.1) is 22.4 Å². The predicted molar refractivity (Wildman–Crippen MR) is 92.6 cm³/mol. The van der Waals surface area contributed by atoms with E-state index in [4.69, 9.17) is 4.74 Å². The molecule has 0 aliphatic carbocycles. The molecule has 0 aromatic heterocycles. The van der Waals surface area contributed by atoms with Crippen LogP contribution in [0.4, 0.5) is 8.78 Å². The van der Waals surface area contributed by atoms with Gasteiger partial charge in [0.2, 0.25) is 9.84 Å². The molecule has 7 heteroatoms. The molecule has 0 amide bonds. The Morgan fingerprint density at radius 1 is 1.12 bits per heavy atom. The van der Waals surface area contributed by atoms with Crippen LogP contribution in [0.15, 0.2) is 58.3 Å². The zero-order valence-electron chi connectivity index (χ0n) is 14.0. The van der Waals surface area contributed by atoms with Crippen molar-refractivity contribution < 1.29 is 21.9 Å². The number of hydrogen-bond donors (Lipinski definition) is 0. The first-order valence-corrected chi connectivity index (χ1v) is 10.0. The van der Waals surface area contributed by atoms with E-state index >= 15 is 0 Å². The highest BCUT2D eigenvalue weighted by atomic mass is 32.2. The maximum atomic E-state index is 12.8. The highest BCUT2D eigenvalue weighted by Crippen LogP contribution is 2.43. The van der Waals surface area contributed by atoms with Crippen LogP contribution in [0.25, 0.3) is 0 Å². The number of halogens is 2. The van der Waals surface area contributed by atoms with Crippen molar-refractivity contribution in [3.05, 3.63) is 54.1 Å². The largest absolute Gasteiger partial charge is 0.492 e. The SMILES string of the molecule is O=S(=O)(c1ccccc1)c1ccc2c(c1)OCC1C2CCN1CC(F)F. The molecule has 1 saturated heterocycles. The standard InChI is InChI=1S/C19H19F2NO3S/c20-19(21)11-22-9-8-15-16-7-6-14(10-18(16)25-12-17(15)22)26(23,24)13-4-2-1-3-5-13/h1-7,10,15,17,19H,8-9,11-12H2. The number of alkyl halides is 2. The van der Waals surface area contributed by atoms with Crippen LogP contribution >= 0.6 is 0 Å². The van der Waals surface area contributed by atoms with E-state index in [1.54, 1.807) is 53.4 Å². The third-order valence-corrected chi connectivity index (χ3v) is 6.96. The van der Waals surface area contributed by atoms with E-state index in [1.807, 2.05) is 0 Å². The third kappa shape index (κ3) is 2.99. The van der Waals surface area contributed by atoms with Gasteiger partial charge in [-0.05, 0) is 42.8 Å². The third-order valence-electron chi connectivity index (χ3n) is 5.19. The lowest BCUT2D eigenvalue weighted by Gasteiger charge is -2.33. The van der Waals surface area contributed by atoms with Crippen LogP contribution in [0, 0.1) is 0 Å². The molecule has 2 aromatic carbocycles. The first-order chi connectivity index (χ1) is 12.5. The van der Waals surface area contributed by atoms with Crippen molar-refractivity contribution in [2.75, 3.05) is 19.7 Å². The quantitative estimate of drug-likeness (QED) is 0.818. The van der Waals surface area contributed by atoms with Crippen molar-refractivity contribution in [1.29, 1.82) is 0 Å². The molecule has 138 valence electrons. The van der Waals surface area contributed by atoms with Gasteiger partial charge in [0, 0.05) is 5.92 Å². The second kappa shape index (κ2) is 6.63. The molecule has 2 heterocycles. The lowest BCUT2D eigenvalue weighted by Crippen LogP contribution is -2.41. The lowest BCUT2D eigenvalue weighted by atomic mass is 9.89. The van der Waals surface area contributed by atoms with Crippen molar-refractivity contribution >= 4 is 9.84 Å². The van der Waals surface area contributed by atoms with Gasteiger partial charge < -0.3 is 4.74 Å². The molecular formula is C19H19F2NO3S. The Bertz CT molecular complexity index is 902. The summed E-state index contributed by atoms with van der Waals surface area (Å²) in [4.78, 5) is 2.19. The second-order valence-electron chi connectivity index (χ2n) is 6.68. The summed E-state index contributed by atoms with van der Waals surface area (Å²) < 4.78 is 56.8. The van der Waals surface area contributed by atoms with Crippen molar-refractivity contribution in [3.63, 3.8) is 0 Å². The predicted octanol–water partition coefficient (Wildman–Crippen LogP) is 3.33. The molecule has 0 N–H and O–H groups in total. The molecule has 0 bridgehead atoms. The van der Waals surface area contributed by atoms with Crippen LogP contribution in [-0.4, -0.2) is 45.5 Å². The molecular weight excluding hydrogens is 360 g/mol. The average Bonchev–Trinajstić information content (AvgIpc) is 3.04. The number of fused-ring (bicyclic) bond motifs is 3. The van der Waals surface area contributed by atoms with Gasteiger partial charge in [-0.25, -0.2) is 17.2 Å². The fourth-order valence-corrected chi connectivity index (χ4v) is 5.23. The average molecular weight is 379 g/mol. The van der Waals surface area contributed by atoms with E-state index in [-0.39, 0.29) is 28.3 Å². The molecule has 2 aliphatic rings. The van der Waals surface area contributed by atoms with E-state index in [0.717, 1.165) is 12.0 Å². The van der Waals surface area contributed by atoms with Gasteiger partial charge >= 0.3 is 0 Å². The minimum absolute atomic E-state index is 0.0759. The van der Waals surface area contributed by atoms with Crippen molar-refractivity contribution in [2.45, 2.75) is 34.6 Å². The summed E-state index contributed by atoms with van der Waals surface area (Å²) in [6, 6.07) is 13.1. The van der Waals surface area contributed by atoms with Gasteiger partial charge in [-0.1, -0.05) is 24.3 Å². The Labute approximate surface area is 151 Å². The first kappa shape index (κ1) is 17.4. The lowest BCUT2D eigenvalue weighted by molar-refractivity contribution is 0.0624. The summed E-state index contributed by atoms with van der Waals surface area (Å²) in [5.41, 5.74) is 0.907. The first-order valence-electron chi connectivity index (χ1n) is 8.56. The molecule has 0 spiro atoms. The maximum absolute atomic E-state index is 12.8. The molecule has 1 fully saturated rings. The second-order valence-corrected chi connectivity index (χ2v) is 8.63. The van der Waals surface area contributed by atoms with Crippen LogP contribution < -0.4 is 4.74 Å². The number of nitrogens with zero attached hydrogens (tertiary/aromatic N) is 1. The smallest absolute Gasteiger partial charge is 0.251 e. The van der Waals surface area contributed by atoms with Crippen LogP contribution in [0.2, 0.25) is 0 Å². The van der Waals surface area contributed by atoms with Gasteiger partial charge in [-0.2, -0.15) is 0 Å². The molecule has 2 atom stereocenters. The topological polar surface area (TPSA) is 46.6 Å². The highest BCUT2D eigenvalue weighted by molar-refractivity contribution is 7.91. The molecule has 0 radical (unpaired) electrons. The number of benzene rings is 2. The summed E-state index contributed by atoms with van der Waals surface area (Å²) in [5.74, 6) is 0.646. The number of sulfone groups is 1. The summed E-state index contributed by atoms with van der Waals surface area (Å²) in [5, 5.41) is 0. The normalized spacial score (nSPS) is 22.7. The number of rotatable bonds is 4. The Hall–Kier alpha value is -1.99. The molecule has 2 unspecified atom stereocenters. The summed E-state index contributed by atoms with van der Waals surface area (Å²) in [7, 11) is -3.61. The van der Waals surface area contributed by atoms with Gasteiger partial charge in [-0.3, -0.25) is 4.90 Å². The zero-order chi connectivity index (χ0) is 18.3. The molecule has 4 rings (SSSR count). The minimum Gasteiger partial charge on any atom is -0.492 e. The Kier molecular flexibility index (Phi) is 4.44. The van der Waals surface area contributed by atoms with Crippen molar-refractivity contribution in [3.8, 4) is 5.75 Å². The Morgan fingerprint density at radius 2 is 1.88 bits per heavy atom. The molecule has 2 aromatic rings. The summed E-state index contributed by atoms with van der Waals surface area (Å²) in [6.45, 7) is 0.659. The monoisotopic (exact) mass is 379 g/mol. The summed E-state index contributed by atoms with van der Waals surface area (Å²) in [6.07, 6.45) is -1.59. The van der Waals surface area contributed by atoms with Crippen LogP contribution in [0.1, 0.15) is 17.9 Å². The molecule has 4 nitrogen and oxygen atoms in total. The van der Waals surface area contributed by atoms with E-state index < -0.39 is 16.3 Å². The molecule has 0 saturated carbocycles. The van der Waals surface area contributed by atoms with Crippen molar-refractivity contribution in [2.24, 2.45) is 0 Å². The van der Waals surface area contributed by atoms with Gasteiger partial charge in [0.15, 0.2) is 0 Å². The van der Waals surface area contributed by atoms with Crippen LogP contribution in [0.5, 0.6) is 5.75 Å². The number of likely N-dealkylation sites (tertiary alicyclic amines) is 1. The maximum Gasteiger partial charge on any atom is 0.251 e. The highest BCUT2D eigenvalue weighted by Gasteiger charge is 2.41. The summed E-state index contributed by atoms with van der Waals surface area (Å²) >= 11 is 0. The van der Waals surface area contributed by atoms with Gasteiger partial charge in [0.25, 0.3) is 6.43 Å². The molecule has 2 aliphatic heterocycles. The number of ether oxygens (including phenoxy) is 1.